The predicted octanol–water partition coefficient (Wildman–Crippen LogP) is 2.36. The van der Waals surface area contributed by atoms with Gasteiger partial charge in [-0.2, -0.15) is 0 Å². The van der Waals surface area contributed by atoms with Crippen molar-refractivity contribution in [2.24, 2.45) is 4.99 Å². The van der Waals surface area contributed by atoms with Crippen LogP contribution in [0.3, 0.4) is 0 Å². The maximum absolute atomic E-state index is 6.10. The molecule has 2 aliphatic rings. The minimum Gasteiger partial charge on any atom is -0.490 e. The SMILES string of the molecule is c1ccc(C2=NCCN2)c(OC2CCCC2)c1. The molecule has 0 radical (unpaired) electrons. The summed E-state index contributed by atoms with van der Waals surface area (Å²) in [7, 11) is 0. The lowest BCUT2D eigenvalue weighted by Crippen LogP contribution is -2.21. The van der Waals surface area contributed by atoms with Crippen molar-refractivity contribution in [3.63, 3.8) is 0 Å². The van der Waals surface area contributed by atoms with E-state index in [0.29, 0.717) is 6.10 Å². The van der Waals surface area contributed by atoms with Crippen LogP contribution < -0.4 is 10.1 Å². The molecule has 0 aromatic heterocycles. The molecule has 1 aliphatic heterocycles. The van der Waals surface area contributed by atoms with Gasteiger partial charge in [0, 0.05) is 6.54 Å². The molecule has 1 aromatic carbocycles. The summed E-state index contributed by atoms with van der Waals surface area (Å²) >= 11 is 0. The Morgan fingerprint density at radius 2 is 2.00 bits per heavy atom. The second-order valence-electron chi connectivity index (χ2n) is 4.68. The number of ether oxygens (including phenoxy) is 1. The Hall–Kier alpha value is -1.51. The molecule has 0 atom stereocenters. The summed E-state index contributed by atoms with van der Waals surface area (Å²) < 4.78 is 6.10. The van der Waals surface area contributed by atoms with Crippen LogP contribution >= 0.6 is 0 Å². The second kappa shape index (κ2) is 4.78. The minimum absolute atomic E-state index is 0.401. The van der Waals surface area contributed by atoms with Crippen LogP contribution in [-0.2, 0) is 0 Å². The summed E-state index contributed by atoms with van der Waals surface area (Å²) in [5.74, 6) is 1.96. The van der Waals surface area contributed by atoms with E-state index in [1.807, 2.05) is 12.1 Å². The van der Waals surface area contributed by atoms with E-state index in [9.17, 15) is 0 Å². The smallest absolute Gasteiger partial charge is 0.132 e. The van der Waals surface area contributed by atoms with Crippen molar-refractivity contribution >= 4 is 5.84 Å². The van der Waals surface area contributed by atoms with Gasteiger partial charge in [0.25, 0.3) is 0 Å². The number of para-hydroxylation sites is 1. The molecule has 1 aliphatic carbocycles. The maximum atomic E-state index is 6.10. The number of rotatable bonds is 3. The van der Waals surface area contributed by atoms with Crippen molar-refractivity contribution in [2.45, 2.75) is 31.8 Å². The van der Waals surface area contributed by atoms with Crippen LogP contribution in [0.1, 0.15) is 31.2 Å². The predicted molar refractivity (Wildman–Crippen MR) is 68.7 cm³/mol. The highest BCUT2D eigenvalue weighted by molar-refractivity contribution is 6.02. The largest absolute Gasteiger partial charge is 0.490 e. The molecule has 17 heavy (non-hydrogen) atoms. The van der Waals surface area contributed by atoms with Crippen LogP contribution in [0.25, 0.3) is 0 Å². The number of benzene rings is 1. The molecule has 0 unspecified atom stereocenters. The fourth-order valence-corrected chi connectivity index (χ4v) is 2.53. The third kappa shape index (κ3) is 2.28. The molecular weight excluding hydrogens is 212 g/mol. The fourth-order valence-electron chi connectivity index (χ4n) is 2.53. The summed E-state index contributed by atoms with van der Waals surface area (Å²) in [5, 5.41) is 3.31. The van der Waals surface area contributed by atoms with E-state index in [-0.39, 0.29) is 0 Å². The average molecular weight is 230 g/mol. The highest BCUT2D eigenvalue weighted by Crippen LogP contribution is 2.27. The molecule has 1 N–H and O–H groups in total. The molecule has 0 spiro atoms. The van der Waals surface area contributed by atoms with Gasteiger partial charge in [-0.25, -0.2) is 0 Å². The highest BCUT2D eigenvalue weighted by atomic mass is 16.5. The van der Waals surface area contributed by atoms with Gasteiger partial charge in [-0.15, -0.1) is 0 Å². The molecule has 1 saturated carbocycles. The fraction of sp³-hybridized carbons (Fsp3) is 0.500. The number of amidine groups is 1. The monoisotopic (exact) mass is 230 g/mol. The minimum atomic E-state index is 0.401. The van der Waals surface area contributed by atoms with Crippen molar-refractivity contribution in [1.29, 1.82) is 0 Å². The standard InChI is InChI=1S/C14H18N2O/c1-2-6-11(5-1)17-13-8-4-3-7-12(13)14-15-9-10-16-14/h3-4,7-8,11H,1-2,5-6,9-10H2,(H,15,16). The zero-order valence-corrected chi connectivity index (χ0v) is 9.98. The number of hydrogen-bond donors (Lipinski definition) is 1. The van der Waals surface area contributed by atoms with Gasteiger partial charge in [0.1, 0.15) is 11.6 Å². The first-order valence-corrected chi connectivity index (χ1v) is 6.48. The van der Waals surface area contributed by atoms with Gasteiger partial charge in [0.15, 0.2) is 0 Å². The Balaban J connectivity index is 1.82. The van der Waals surface area contributed by atoms with Crippen LogP contribution in [0.4, 0.5) is 0 Å². The van der Waals surface area contributed by atoms with Gasteiger partial charge < -0.3 is 10.1 Å². The van der Waals surface area contributed by atoms with E-state index < -0.39 is 0 Å². The summed E-state index contributed by atoms with van der Waals surface area (Å²) in [4.78, 5) is 4.47. The Morgan fingerprint density at radius 1 is 1.18 bits per heavy atom. The van der Waals surface area contributed by atoms with E-state index in [1.54, 1.807) is 0 Å². The lowest BCUT2D eigenvalue weighted by molar-refractivity contribution is 0.209. The Morgan fingerprint density at radius 3 is 2.76 bits per heavy atom. The van der Waals surface area contributed by atoms with Crippen molar-refractivity contribution < 1.29 is 4.74 Å². The van der Waals surface area contributed by atoms with E-state index in [2.05, 4.69) is 22.4 Å². The average Bonchev–Trinajstić information content (AvgIpc) is 3.01. The summed E-state index contributed by atoms with van der Waals surface area (Å²) in [5.41, 5.74) is 1.11. The topological polar surface area (TPSA) is 33.6 Å². The van der Waals surface area contributed by atoms with Crippen molar-refractivity contribution in [2.75, 3.05) is 13.1 Å². The Kier molecular flexibility index (Phi) is 2.99. The summed E-state index contributed by atoms with van der Waals surface area (Å²) in [6, 6.07) is 8.21. The lowest BCUT2D eigenvalue weighted by atomic mass is 10.1. The van der Waals surface area contributed by atoms with Gasteiger partial charge in [-0.05, 0) is 37.8 Å². The zero-order chi connectivity index (χ0) is 11.5. The highest BCUT2D eigenvalue weighted by Gasteiger charge is 2.19. The van der Waals surface area contributed by atoms with Gasteiger partial charge >= 0.3 is 0 Å². The van der Waals surface area contributed by atoms with Crippen LogP contribution in [0.2, 0.25) is 0 Å². The zero-order valence-electron chi connectivity index (χ0n) is 9.98. The first-order chi connectivity index (χ1) is 8.43. The van der Waals surface area contributed by atoms with E-state index >= 15 is 0 Å². The van der Waals surface area contributed by atoms with E-state index in [1.165, 1.54) is 25.7 Å². The van der Waals surface area contributed by atoms with Crippen molar-refractivity contribution in [3.8, 4) is 5.75 Å². The van der Waals surface area contributed by atoms with Crippen LogP contribution in [-0.4, -0.2) is 25.0 Å². The number of aliphatic imine (C=N–C) groups is 1. The third-order valence-electron chi connectivity index (χ3n) is 3.41. The van der Waals surface area contributed by atoms with Crippen LogP contribution in [0.15, 0.2) is 29.3 Å². The summed E-state index contributed by atoms with van der Waals surface area (Å²) in [6.07, 6.45) is 5.37. The Bertz CT molecular complexity index is 422. The van der Waals surface area contributed by atoms with Crippen molar-refractivity contribution in [3.05, 3.63) is 29.8 Å². The van der Waals surface area contributed by atoms with Crippen LogP contribution in [0, 0.1) is 0 Å². The molecule has 1 aromatic rings. The summed E-state index contributed by atoms with van der Waals surface area (Å²) in [6.45, 7) is 1.81. The van der Waals surface area contributed by atoms with Crippen LogP contribution in [0.5, 0.6) is 5.75 Å². The third-order valence-corrected chi connectivity index (χ3v) is 3.41. The van der Waals surface area contributed by atoms with E-state index in [0.717, 1.165) is 30.2 Å². The quantitative estimate of drug-likeness (QED) is 0.864. The second-order valence-corrected chi connectivity index (χ2v) is 4.68. The molecule has 1 fully saturated rings. The van der Waals surface area contributed by atoms with E-state index in [4.69, 9.17) is 4.74 Å². The first kappa shape index (κ1) is 10.6. The number of nitrogens with zero attached hydrogens (tertiary/aromatic N) is 1. The molecule has 0 bridgehead atoms. The van der Waals surface area contributed by atoms with Crippen molar-refractivity contribution in [1.82, 2.24) is 5.32 Å². The molecule has 3 heteroatoms. The molecule has 0 saturated heterocycles. The first-order valence-electron chi connectivity index (χ1n) is 6.48. The van der Waals surface area contributed by atoms with Gasteiger partial charge in [0.05, 0.1) is 18.2 Å². The lowest BCUT2D eigenvalue weighted by Gasteiger charge is -2.16. The molecule has 3 rings (SSSR count). The molecular formula is C14H18N2O. The number of nitrogens with one attached hydrogen (secondary N) is 1. The van der Waals surface area contributed by atoms with Gasteiger partial charge in [0.2, 0.25) is 0 Å². The molecule has 90 valence electrons. The molecule has 3 nitrogen and oxygen atoms in total. The Labute approximate surface area is 102 Å². The maximum Gasteiger partial charge on any atom is 0.132 e. The number of hydrogen-bond acceptors (Lipinski definition) is 3. The van der Waals surface area contributed by atoms with Gasteiger partial charge in [-0.3, -0.25) is 4.99 Å². The van der Waals surface area contributed by atoms with Gasteiger partial charge in [-0.1, -0.05) is 12.1 Å². The molecule has 1 heterocycles. The normalized spacial score (nSPS) is 20.1. The molecule has 0 amide bonds.